The number of alkyl halides is 2. The van der Waals surface area contributed by atoms with Crippen LogP contribution in [0.3, 0.4) is 0 Å². The molecule has 0 bridgehead atoms. The quantitative estimate of drug-likeness (QED) is 0.495. The highest BCUT2D eigenvalue weighted by molar-refractivity contribution is 6.00. The molecule has 1 fully saturated rings. The predicted molar refractivity (Wildman–Crippen MR) is 120 cm³/mol. The molecule has 6 nitrogen and oxygen atoms in total. The maximum atomic E-state index is 14.5. The van der Waals surface area contributed by atoms with E-state index < -0.39 is 12.0 Å². The zero-order valence-corrected chi connectivity index (χ0v) is 18.7. The molecule has 2 atom stereocenters. The van der Waals surface area contributed by atoms with Crippen molar-refractivity contribution >= 4 is 17.4 Å². The highest BCUT2D eigenvalue weighted by Gasteiger charge is 2.51. The fourth-order valence-corrected chi connectivity index (χ4v) is 4.61. The Morgan fingerprint density at radius 1 is 1.41 bits per heavy atom. The number of likely N-dealkylation sites (tertiary alicyclic amines) is 1. The Bertz CT molecular complexity index is 1080. The monoisotopic (exact) mass is 440 g/mol. The molecule has 4 rings (SSSR count). The lowest BCUT2D eigenvalue weighted by Gasteiger charge is -2.24. The lowest BCUT2D eigenvalue weighted by atomic mass is 9.94. The number of rotatable bonds is 6. The van der Waals surface area contributed by atoms with Crippen LogP contribution in [0.2, 0.25) is 0 Å². The molecule has 3 aliphatic rings. The first-order valence-electron chi connectivity index (χ1n) is 10.8. The van der Waals surface area contributed by atoms with Crippen LogP contribution in [0.5, 0.6) is 0 Å². The number of anilines is 1. The van der Waals surface area contributed by atoms with Crippen molar-refractivity contribution in [3.8, 4) is 0 Å². The van der Waals surface area contributed by atoms with Gasteiger partial charge in [-0.05, 0) is 25.3 Å². The molecule has 0 unspecified atom stereocenters. The minimum absolute atomic E-state index is 0.0428. The van der Waals surface area contributed by atoms with Gasteiger partial charge in [0.15, 0.2) is 11.6 Å². The molecular formula is C24H28F2N5O. The van der Waals surface area contributed by atoms with Gasteiger partial charge in [0.2, 0.25) is 0 Å². The van der Waals surface area contributed by atoms with Crippen LogP contribution in [-0.2, 0) is 11.3 Å². The smallest absolute Gasteiger partial charge is 0.306 e. The number of likely N-dealkylation sites (N-methyl/N-ethyl adjacent to an activating group) is 1. The summed E-state index contributed by atoms with van der Waals surface area (Å²) >= 11 is 0. The van der Waals surface area contributed by atoms with Crippen molar-refractivity contribution < 1.29 is 13.6 Å². The second kappa shape index (κ2) is 8.17. The van der Waals surface area contributed by atoms with E-state index in [4.69, 9.17) is 0 Å². The summed E-state index contributed by atoms with van der Waals surface area (Å²) in [7, 11) is 3.52. The Kier molecular flexibility index (Phi) is 5.67. The molecule has 169 valence electrons. The number of halogens is 2. The van der Waals surface area contributed by atoms with Gasteiger partial charge in [-0.2, -0.15) is 13.9 Å². The van der Waals surface area contributed by atoms with Crippen LogP contribution >= 0.6 is 0 Å². The van der Waals surface area contributed by atoms with Gasteiger partial charge in [-0.15, -0.1) is 5.73 Å². The first-order valence-corrected chi connectivity index (χ1v) is 10.8. The van der Waals surface area contributed by atoms with Crippen molar-refractivity contribution in [3.05, 3.63) is 60.1 Å². The van der Waals surface area contributed by atoms with Crippen LogP contribution < -0.4 is 4.90 Å². The minimum atomic E-state index is -3.08. The number of aryl methyl sites for hydroxylation is 2. The van der Waals surface area contributed by atoms with E-state index in [1.165, 1.54) is 4.90 Å². The van der Waals surface area contributed by atoms with Crippen LogP contribution in [0.4, 0.5) is 14.6 Å². The van der Waals surface area contributed by atoms with Crippen LogP contribution in [0.1, 0.15) is 31.4 Å². The minimum Gasteiger partial charge on any atom is -0.351 e. The lowest BCUT2D eigenvalue weighted by Crippen LogP contribution is -2.33. The summed E-state index contributed by atoms with van der Waals surface area (Å²) in [6, 6.07) is 1.60. The highest BCUT2D eigenvalue weighted by atomic mass is 19.3. The standard InChI is InChI=1S/C24H28F2N5O/c1-6-19-18(11-12-31-22(29(19)4)13-15(2)28-31)9-10-21(32)16(3)27-23-24(25,26)14-20(30(23)5)17-7-8-17/h7-8,13,18,20H,1,3,9-12,14H2,2,4-5H3/t18-,20+/m0/s1. The van der Waals surface area contributed by atoms with Crippen LogP contribution in [-0.4, -0.2) is 52.4 Å². The van der Waals surface area contributed by atoms with Crippen molar-refractivity contribution in [3.63, 3.8) is 0 Å². The number of hydrogen-bond donors (Lipinski definition) is 0. The summed E-state index contributed by atoms with van der Waals surface area (Å²) in [5, 5.41) is 4.52. The third-order valence-corrected chi connectivity index (χ3v) is 6.45. The molecule has 0 spiro atoms. The van der Waals surface area contributed by atoms with Gasteiger partial charge in [0.25, 0.3) is 0 Å². The van der Waals surface area contributed by atoms with E-state index in [0.29, 0.717) is 13.0 Å². The van der Waals surface area contributed by atoms with E-state index in [1.807, 2.05) is 42.1 Å². The summed E-state index contributed by atoms with van der Waals surface area (Å²) < 4.78 is 31.0. The normalized spacial score (nSPS) is 25.3. The molecule has 1 radical (unpaired) electrons. The van der Waals surface area contributed by atoms with Gasteiger partial charge < -0.3 is 9.80 Å². The number of carbonyl (C=O) groups is 1. The van der Waals surface area contributed by atoms with Crippen molar-refractivity contribution in [2.45, 2.75) is 51.1 Å². The average Bonchev–Trinajstić information content (AvgIpc) is 3.49. The van der Waals surface area contributed by atoms with Gasteiger partial charge >= 0.3 is 5.92 Å². The SMILES string of the molecule is C=C=C1[C@@H](CCC(=O)C(=C)N=C2N(C)[C@@H](C3=C[CH]3)CC2(F)F)CCn2nc(C)cc2N1C. The Morgan fingerprint density at radius 2 is 2.12 bits per heavy atom. The number of carbonyl (C=O) groups excluding carboxylic acids is 1. The van der Waals surface area contributed by atoms with Crippen molar-refractivity contribution in [1.82, 2.24) is 14.7 Å². The Labute approximate surface area is 187 Å². The van der Waals surface area contributed by atoms with E-state index >= 15 is 0 Å². The van der Waals surface area contributed by atoms with Gasteiger partial charge in [0.05, 0.1) is 17.4 Å². The topological polar surface area (TPSA) is 53.7 Å². The fraction of sp³-hybridized carbons (Fsp3) is 0.458. The first kappa shape index (κ1) is 22.2. The number of nitrogens with zero attached hydrogens (tertiary/aromatic N) is 5. The second-order valence-corrected chi connectivity index (χ2v) is 8.69. The lowest BCUT2D eigenvalue weighted by molar-refractivity contribution is -0.115. The fourth-order valence-electron chi connectivity index (χ4n) is 4.61. The van der Waals surface area contributed by atoms with E-state index in [1.54, 1.807) is 7.05 Å². The van der Waals surface area contributed by atoms with Crippen LogP contribution in [0.25, 0.3) is 0 Å². The van der Waals surface area contributed by atoms with Crippen molar-refractivity contribution in [2.24, 2.45) is 10.9 Å². The molecule has 1 aromatic heterocycles. The van der Waals surface area contributed by atoms with Gasteiger partial charge in [-0.1, -0.05) is 19.2 Å². The number of Topliss-reactive ketones (excluding diaryl/α,β-unsaturated/α-hetero) is 1. The molecule has 1 saturated heterocycles. The summed E-state index contributed by atoms with van der Waals surface area (Å²) in [5.41, 5.74) is 5.60. The van der Waals surface area contributed by atoms with Crippen molar-refractivity contribution in [1.29, 1.82) is 0 Å². The molecule has 0 N–H and O–H groups in total. The van der Waals surface area contributed by atoms with Crippen molar-refractivity contribution in [2.75, 3.05) is 19.0 Å². The van der Waals surface area contributed by atoms with Gasteiger partial charge in [-0.25, -0.2) is 9.67 Å². The highest BCUT2D eigenvalue weighted by Crippen LogP contribution is 2.41. The summed E-state index contributed by atoms with van der Waals surface area (Å²) in [4.78, 5) is 20.2. The number of fused-ring (bicyclic) bond motifs is 1. The van der Waals surface area contributed by atoms with Crippen LogP contribution in [0.15, 0.2) is 53.0 Å². The van der Waals surface area contributed by atoms with Gasteiger partial charge in [0, 0.05) is 51.9 Å². The number of aromatic nitrogens is 2. The molecule has 1 aliphatic carbocycles. The summed E-state index contributed by atoms with van der Waals surface area (Å²) in [5.74, 6) is -2.79. The molecule has 1 aromatic rings. The molecule has 0 aromatic carbocycles. The summed E-state index contributed by atoms with van der Waals surface area (Å²) in [6.07, 6.45) is 4.79. The van der Waals surface area contributed by atoms with Crippen LogP contribution in [0, 0.1) is 19.3 Å². The maximum Gasteiger partial charge on any atom is 0.306 e. The first-order chi connectivity index (χ1) is 15.1. The third kappa shape index (κ3) is 4.07. The number of aliphatic imine (C=N–C) groups is 1. The molecule has 0 amide bonds. The largest absolute Gasteiger partial charge is 0.351 e. The zero-order valence-electron chi connectivity index (χ0n) is 18.7. The van der Waals surface area contributed by atoms with E-state index in [-0.39, 0.29) is 36.1 Å². The van der Waals surface area contributed by atoms with E-state index in [9.17, 15) is 13.6 Å². The molecule has 3 heterocycles. The average molecular weight is 441 g/mol. The number of allylic oxidation sites excluding steroid dienone is 3. The summed E-state index contributed by atoms with van der Waals surface area (Å²) in [6.45, 7) is 10.2. The Morgan fingerprint density at radius 3 is 2.78 bits per heavy atom. The number of hydrogen-bond acceptors (Lipinski definition) is 4. The Balaban J connectivity index is 1.42. The third-order valence-electron chi connectivity index (χ3n) is 6.45. The molecule has 32 heavy (non-hydrogen) atoms. The van der Waals surface area contributed by atoms with E-state index in [2.05, 4.69) is 29.0 Å². The Hall–Kier alpha value is -2.99. The van der Waals surface area contributed by atoms with Gasteiger partial charge in [0.1, 0.15) is 11.5 Å². The second-order valence-electron chi connectivity index (χ2n) is 8.69. The molecular weight excluding hydrogens is 412 g/mol. The number of amidine groups is 1. The molecule has 0 saturated carbocycles. The molecule has 2 aliphatic heterocycles. The number of ketones is 1. The zero-order chi connectivity index (χ0) is 23.2. The maximum absolute atomic E-state index is 14.5. The van der Waals surface area contributed by atoms with Gasteiger partial charge in [-0.3, -0.25) is 4.79 Å². The van der Waals surface area contributed by atoms with E-state index in [0.717, 1.165) is 29.2 Å². The predicted octanol–water partition coefficient (Wildman–Crippen LogP) is 4.06. The molecule has 8 heteroatoms.